The van der Waals surface area contributed by atoms with Gasteiger partial charge in [0.05, 0.1) is 6.26 Å². The number of hydrogen-bond acceptors (Lipinski definition) is 3. The van der Waals surface area contributed by atoms with Crippen molar-refractivity contribution in [2.24, 2.45) is 0 Å². The normalized spacial score (nSPS) is 38.3. The van der Waals surface area contributed by atoms with Crippen molar-refractivity contribution >= 4 is 10.0 Å². The van der Waals surface area contributed by atoms with E-state index in [0.29, 0.717) is 12.6 Å². The van der Waals surface area contributed by atoms with Gasteiger partial charge in [-0.15, -0.1) is 0 Å². The molecule has 4 nitrogen and oxygen atoms in total. The number of nitrogens with one attached hydrogen (secondary N) is 1. The molecule has 0 spiro atoms. The lowest BCUT2D eigenvalue weighted by Crippen LogP contribution is -2.45. The number of fused-ring (bicyclic) bond motifs is 2. The molecule has 0 saturated carbocycles. The Hall–Kier alpha value is -0.130. The lowest BCUT2D eigenvalue weighted by atomic mass is 10.2. The van der Waals surface area contributed by atoms with Crippen LogP contribution in [0.4, 0.5) is 0 Å². The standard InChI is InChI=1S/C6H12N2O2S/c1-11(9,10)8-4-5-2-6(8)3-7-5/h5-7H,2-4H2,1H3/t5-,6+/m1/s1. The van der Waals surface area contributed by atoms with Crippen LogP contribution < -0.4 is 5.32 Å². The predicted molar refractivity (Wildman–Crippen MR) is 41.7 cm³/mol. The maximum absolute atomic E-state index is 11.1. The summed E-state index contributed by atoms with van der Waals surface area (Å²) < 4.78 is 23.8. The number of piperazine rings is 1. The molecule has 64 valence electrons. The fourth-order valence-electron chi connectivity index (χ4n) is 1.93. The molecule has 2 fully saturated rings. The van der Waals surface area contributed by atoms with Crippen LogP contribution in [-0.2, 0) is 10.0 Å². The Bertz CT molecular complexity index is 262. The zero-order chi connectivity index (χ0) is 8.06. The highest BCUT2D eigenvalue weighted by Gasteiger charge is 2.41. The van der Waals surface area contributed by atoms with Gasteiger partial charge in [0.1, 0.15) is 0 Å². The molecule has 2 aliphatic heterocycles. The summed E-state index contributed by atoms with van der Waals surface area (Å²) in [7, 11) is -2.94. The number of sulfonamides is 1. The summed E-state index contributed by atoms with van der Waals surface area (Å²) in [5, 5.41) is 3.25. The van der Waals surface area contributed by atoms with Crippen molar-refractivity contribution in [3.05, 3.63) is 0 Å². The van der Waals surface area contributed by atoms with Gasteiger partial charge in [0, 0.05) is 25.2 Å². The first kappa shape index (κ1) is 7.52. The third-order valence-electron chi connectivity index (χ3n) is 2.43. The summed E-state index contributed by atoms with van der Waals surface area (Å²) in [5.41, 5.74) is 0. The first-order valence-corrected chi connectivity index (χ1v) is 5.62. The van der Waals surface area contributed by atoms with Gasteiger partial charge in [0.2, 0.25) is 10.0 Å². The molecule has 2 heterocycles. The van der Waals surface area contributed by atoms with Crippen LogP contribution in [0.2, 0.25) is 0 Å². The third kappa shape index (κ3) is 1.17. The van der Waals surface area contributed by atoms with E-state index in [1.807, 2.05) is 0 Å². The molecular formula is C6H12N2O2S. The van der Waals surface area contributed by atoms with Crippen LogP contribution in [0.15, 0.2) is 0 Å². The number of hydrogen-bond donors (Lipinski definition) is 1. The van der Waals surface area contributed by atoms with Crippen molar-refractivity contribution in [2.45, 2.75) is 18.5 Å². The summed E-state index contributed by atoms with van der Waals surface area (Å²) in [4.78, 5) is 0. The van der Waals surface area contributed by atoms with Crippen LogP contribution in [0.3, 0.4) is 0 Å². The van der Waals surface area contributed by atoms with E-state index in [0.717, 1.165) is 13.0 Å². The Kier molecular flexibility index (Phi) is 1.49. The first-order chi connectivity index (χ1) is 5.07. The van der Waals surface area contributed by atoms with E-state index in [4.69, 9.17) is 0 Å². The van der Waals surface area contributed by atoms with Crippen LogP contribution >= 0.6 is 0 Å². The van der Waals surface area contributed by atoms with Gasteiger partial charge in [0.25, 0.3) is 0 Å². The maximum Gasteiger partial charge on any atom is 0.211 e. The monoisotopic (exact) mass is 176 g/mol. The molecule has 2 rings (SSSR count). The summed E-state index contributed by atoms with van der Waals surface area (Å²) in [5.74, 6) is 0. The zero-order valence-electron chi connectivity index (χ0n) is 6.45. The maximum atomic E-state index is 11.1. The van der Waals surface area contributed by atoms with E-state index in [1.54, 1.807) is 4.31 Å². The molecule has 11 heavy (non-hydrogen) atoms. The predicted octanol–water partition coefficient (Wildman–Crippen LogP) is -1.01. The Morgan fingerprint density at radius 1 is 1.55 bits per heavy atom. The van der Waals surface area contributed by atoms with Crippen molar-refractivity contribution in [1.82, 2.24) is 9.62 Å². The van der Waals surface area contributed by atoms with E-state index in [9.17, 15) is 8.42 Å². The van der Waals surface area contributed by atoms with Crippen molar-refractivity contribution in [2.75, 3.05) is 19.3 Å². The summed E-state index contributed by atoms with van der Waals surface area (Å²) >= 11 is 0. The van der Waals surface area contributed by atoms with Crippen LogP contribution in [0.1, 0.15) is 6.42 Å². The minimum Gasteiger partial charge on any atom is -0.311 e. The van der Waals surface area contributed by atoms with Crippen LogP contribution in [0.25, 0.3) is 0 Å². The SMILES string of the molecule is CS(=O)(=O)N1C[C@H]2C[C@H]1CN2. The minimum absolute atomic E-state index is 0.231. The van der Waals surface area contributed by atoms with E-state index >= 15 is 0 Å². The smallest absolute Gasteiger partial charge is 0.211 e. The summed E-state index contributed by atoms with van der Waals surface area (Å²) in [6.45, 7) is 1.50. The first-order valence-electron chi connectivity index (χ1n) is 3.77. The fourth-order valence-corrected chi connectivity index (χ4v) is 3.08. The van der Waals surface area contributed by atoms with Crippen LogP contribution in [-0.4, -0.2) is 44.2 Å². The van der Waals surface area contributed by atoms with Gasteiger partial charge in [-0.25, -0.2) is 8.42 Å². The van der Waals surface area contributed by atoms with E-state index in [2.05, 4.69) is 5.32 Å². The van der Waals surface area contributed by atoms with Crippen LogP contribution in [0, 0.1) is 0 Å². The van der Waals surface area contributed by atoms with Crippen LogP contribution in [0.5, 0.6) is 0 Å². The van der Waals surface area contributed by atoms with E-state index < -0.39 is 10.0 Å². The highest BCUT2D eigenvalue weighted by molar-refractivity contribution is 7.88. The van der Waals surface area contributed by atoms with Crippen molar-refractivity contribution in [3.63, 3.8) is 0 Å². The molecule has 2 atom stereocenters. The average Bonchev–Trinajstić information content (AvgIpc) is 2.42. The van der Waals surface area contributed by atoms with Gasteiger partial charge in [0.15, 0.2) is 0 Å². The lowest BCUT2D eigenvalue weighted by molar-refractivity contribution is 0.351. The van der Waals surface area contributed by atoms with Gasteiger partial charge in [-0.05, 0) is 6.42 Å². The summed E-state index contributed by atoms with van der Waals surface area (Å²) in [6.07, 6.45) is 2.28. The van der Waals surface area contributed by atoms with Gasteiger partial charge in [-0.1, -0.05) is 0 Å². The largest absolute Gasteiger partial charge is 0.311 e. The second-order valence-electron chi connectivity index (χ2n) is 3.33. The molecule has 0 radical (unpaired) electrons. The Morgan fingerprint density at radius 3 is 2.55 bits per heavy atom. The topological polar surface area (TPSA) is 49.4 Å². The Labute approximate surface area is 66.6 Å². The quantitative estimate of drug-likeness (QED) is 0.557. The molecule has 5 heteroatoms. The number of rotatable bonds is 1. The minimum atomic E-state index is -2.94. The van der Waals surface area contributed by atoms with Crippen molar-refractivity contribution < 1.29 is 8.42 Å². The van der Waals surface area contributed by atoms with Crippen molar-refractivity contribution in [1.29, 1.82) is 0 Å². The molecule has 0 aromatic carbocycles. The zero-order valence-corrected chi connectivity index (χ0v) is 7.26. The van der Waals surface area contributed by atoms with Crippen molar-refractivity contribution in [3.8, 4) is 0 Å². The highest BCUT2D eigenvalue weighted by Crippen LogP contribution is 2.25. The fraction of sp³-hybridized carbons (Fsp3) is 1.00. The molecule has 1 N–H and O–H groups in total. The molecule has 0 aromatic heterocycles. The summed E-state index contributed by atoms with van der Waals surface area (Å²) in [6, 6.07) is 0.643. The molecular weight excluding hydrogens is 164 g/mol. The third-order valence-corrected chi connectivity index (χ3v) is 3.73. The Morgan fingerprint density at radius 2 is 2.27 bits per heavy atom. The van der Waals surface area contributed by atoms with Gasteiger partial charge in [-0.2, -0.15) is 4.31 Å². The highest BCUT2D eigenvalue weighted by atomic mass is 32.2. The molecule has 0 aromatic rings. The second kappa shape index (κ2) is 2.18. The molecule has 0 unspecified atom stereocenters. The molecule has 2 saturated heterocycles. The van der Waals surface area contributed by atoms with Gasteiger partial charge in [-0.3, -0.25) is 0 Å². The van der Waals surface area contributed by atoms with Gasteiger partial charge < -0.3 is 5.32 Å². The molecule has 2 aliphatic rings. The lowest BCUT2D eigenvalue weighted by Gasteiger charge is -2.24. The molecule has 0 amide bonds. The molecule has 0 aliphatic carbocycles. The second-order valence-corrected chi connectivity index (χ2v) is 5.26. The van der Waals surface area contributed by atoms with Gasteiger partial charge >= 0.3 is 0 Å². The Balaban J connectivity index is 2.21. The van der Waals surface area contributed by atoms with E-state index in [1.165, 1.54) is 6.26 Å². The average molecular weight is 176 g/mol. The number of nitrogens with zero attached hydrogens (tertiary/aromatic N) is 1. The van der Waals surface area contributed by atoms with E-state index in [-0.39, 0.29) is 6.04 Å². The molecule has 2 bridgehead atoms.